The number of nitrogens with zero attached hydrogens (tertiary/aromatic N) is 2. The van der Waals surface area contributed by atoms with Crippen LogP contribution >= 0.6 is 11.3 Å². The van der Waals surface area contributed by atoms with Crippen molar-refractivity contribution in [3.05, 3.63) is 41.8 Å². The third kappa shape index (κ3) is 6.72. The largest absolute Gasteiger partial charge is 0.371 e. The Bertz CT molecular complexity index is 775. The van der Waals surface area contributed by atoms with Crippen molar-refractivity contribution in [2.75, 3.05) is 32.1 Å². The summed E-state index contributed by atoms with van der Waals surface area (Å²) in [6.45, 7) is 0.911. The number of thiophene rings is 1. The van der Waals surface area contributed by atoms with Crippen molar-refractivity contribution in [3.63, 3.8) is 0 Å². The fourth-order valence-electron chi connectivity index (χ4n) is 2.44. The van der Waals surface area contributed by atoms with E-state index in [2.05, 4.69) is 0 Å². The molecule has 5 nitrogen and oxygen atoms in total. The topological polar surface area (TPSA) is 66.6 Å². The van der Waals surface area contributed by atoms with Crippen LogP contribution in [0.4, 0.5) is 14.5 Å². The van der Waals surface area contributed by atoms with Gasteiger partial charge in [0.15, 0.2) is 0 Å². The summed E-state index contributed by atoms with van der Waals surface area (Å²) in [6.07, 6.45) is -0.0518. The summed E-state index contributed by atoms with van der Waals surface area (Å²) in [5, 5.41) is 6.88. The lowest BCUT2D eigenvalue weighted by Gasteiger charge is -2.33. The second kappa shape index (κ2) is 9.83. The zero-order chi connectivity index (χ0) is 20.0. The maximum Gasteiger partial charge on any atom is 0.251 e. The van der Waals surface area contributed by atoms with Gasteiger partial charge in [-0.3, -0.25) is 0 Å². The highest BCUT2D eigenvalue weighted by Gasteiger charge is 2.33. The lowest BCUT2D eigenvalue weighted by atomic mass is 10.1. The van der Waals surface area contributed by atoms with Crippen LogP contribution in [0, 0.1) is 0 Å². The number of hydrogen-bond acceptors (Lipinski definition) is 4. The van der Waals surface area contributed by atoms with Gasteiger partial charge in [0.1, 0.15) is 26.2 Å². The first-order valence-electron chi connectivity index (χ1n) is 8.21. The van der Waals surface area contributed by atoms with E-state index in [1.807, 2.05) is 35.2 Å². The average molecular weight is 436 g/mol. The van der Waals surface area contributed by atoms with Crippen LogP contribution in [0.25, 0.3) is 0 Å². The molecule has 1 aliphatic rings. The lowest BCUT2D eigenvalue weighted by molar-refractivity contribution is -0.0220. The summed E-state index contributed by atoms with van der Waals surface area (Å²) >= 11 is 1.26. The van der Waals surface area contributed by atoms with Gasteiger partial charge in [-0.2, -0.15) is 0 Å². The molecule has 1 fully saturated rings. The van der Waals surface area contributed by atoms with Crippen LogP contribution in [-0.4, -0.2) is 45.8 Å². The molecule has 0 aliphatic carbocycles. The quantitative estimate of drug-likeness (QED) is 0.802. The van der Waals surface area contributed by atoms with Gasteiger partial charge < -0.3 is 4.90 Å². The van der Waals surface area contributed by atoms with E-state index in [1.165, 1.54) is 11.3 Å². The van der Waals surface area contributed by atoms with Gasteiger partial charge in [0.05, 0.1) is 4.90 Å². The van der Waals surface area contributed by atoms with Gasteiger partial charge in [-0.05, 0) is 32.3 Å². The molecule has 0 spiro atoms. The monoisotopic (exact) mass is 435 g/mol. The minimum atomic E-state index is -2.45. The van der Waals surface area contributed by atoms with E-state index in [9.17, 15) is 17.2 Å². The minimum absolute atomic E-state index is 0.0259. The van der Waals surface area contributed by atoms with Crippen molar-refractivity contribution in [1.82, 2.24) is 4.31 Å². The normalized spacial score (nSPS) is 18.5. The fourth-order valence-corrected chi connectivity index (χ4v) is 4.96. The standard InChI is InChI=1S/C11H13F2N.C6H10N2O2S3/c12-11(13)6-8-14(9-7-11)10-4-2-1-3-5-10;1-8(2)13(10)5-3-6(11-4-5)12(7)9/h1-5H,6-9H2;3-4H,7H2,1-2H3. The Kier molecular flexibility index (Phi) is 8.04. The Morgan fingerprint density at radius 2 is 1.74 bits per heavy atom. The van der Waals surface area contributed by atoms with Crippen LogP contribution in [0.2, 0.25) is 0 Å². The first-order chi connectivity index (χ1) is 12.7. The molecule has 0 radical (unpaired) electrons. The van der Waals surface area contributed by atoms with Gasteiger partial charge in [-0.25, -0.2) is 26.6 Å². The van der Waals surface area contributed by atoms with Crippen LogP contribution in [0.3, 0.4) is 0 Å². The molecular weight excluding hydrogens is 412 g/mol. The predicted octanol–water partition coefficient (Wildman–Crippen LogP) is 3.24. The Labute approximate surface area is 167 Å². The molecule has 0 saturated carbocycles. The molecule has 0 bridgehead atoms. The molecule has 1 saturated heterocycles. The highest BCUT2D eigenvalue weighted by Crippen LogP contribution is 2.30. The highest BCUT2D eigenvalue weighted by molar-refractivity contribution is 7.85. The average Bonchev–Trinajstić information content (AvgIpc) is 3.12. The first kappa shape index (κ1) is 22.1. The number of nitrogens with two attached hydrogens (primary N) is 1. The highest BCUT2D eigenvalue weighted by atomic mass is 32.2. The van der Waals surface area contributed by atoms with Gasteiger partial charge >= 0.3 is 0 Å². The van der Waals surface area contributed by atoms with Crippen molar-refractivity contribution < 1.29 is 17.2 Å². The molecule has 2 heterocycles. The van der Waals surface area contributed by atoms with E-state index >= 15 is 0 Å². The van der Waals surface area contributed by atoms with Crippen molar-refractivity contribution in [3.8, 4) is 0 Å². The van der Waals surface area contributed by atoms with Crippen molar-refractivity contribution in [1.29, 1.82) is 0 Å². The molecule has 2 unspecified atom stereocenters. The smallest absolute Gasteiger partial charge is 0.251 e. The van der Waals surface area contributed by atoms with Crippen LogP contribution in [-0.2, 0) is 22.0 Å². The van der Waals surface area contributed by atoms with E-state index in [0.29, 0.717) is 22.2 Å². The van der Waals surface area contributed by atoms with Gasteiger partial charge in [0.2, 0.25) is 0 Å². The number of para-hydroxylation sites is 1. The predicted molar refractivity (Wildman–Crippen MR) is 108 cm³/mol. The molecule has 1 aliphatic heterocycles. The van der Waals surface area contributed by atoms with Crippen LogP contribution in [0.15, 0.2) is 50.9 Å². The van der Waals surface area contributed by atoms with E-state index in [-0.39, 0.29) is 12.8 Å². The second-order valence-electron chi connectivity index (χ2n) is 6.14. The summed E-state index contributed by atoms with van der Waals surface area (Å²) in [5.74, 6) is -2.45. The molecular formula is C17H23F2N3O2S3. The van der Waals surface area contributed by atoms with Crippen molar-refractivity contribution in [2.24, 2.45) is 5.14 Å². The molecule has 10 heteroatoms. The Balaban J connectivity index is 0.000000194. The summed E-state index contributed by atoms with van der Waals surface area (Å²) in [5.41, 5.74) is 1.04. The Morgan fingerprint density at radius 1 is 1.15 bits per heavy atom. The van der Waals surface area contributed by atoms with Crippen LogP contribution < -0.4 is 10.0 Å². The summed E-state index contributed by atoms with van der Waals surface area (Å²) in [6, 6.07) is 11.3. The van der Waals surface area contributed by atoms with Gasteiger partial charge in [0.25, 0.3) is 5.92 Å². The fraction of sp³-hybridized carbons (Fsp3) is 0.412. The van der Waals surface area contributed by atoms with Crippen molar-refractivity contribution in [2.45, 2.75) is 27.9 Å². The number of hydrogen-bond donors (Lipinski definition) is 1. The first-order valence-corrected chi connectivity index (χ1v) is 11.4. The van der Waals surface area contributed by atoms with Gasteiger partial charge in [-0.15, -0.1) is 11.3 Å². The van der Waals surface area contributed by atoms with E-state index in [4.69, 9.17) is 5.14 Å². The Hall–Kier alpha value is -1.20. The maximum absolute atomic E-state index is 12.9. The lowest BCUT2D eigenvalue weighted by Crippen LogP contribution is -2.39. The third-order valence-corrected chi connectivity index (χ3v) is 7.37. The minimum Gasteiger partial charge on any atom is -0.371 e. The number of benzene rings is 1. The zero-order valence-corrected chi connectivity index (χ0v) is 17.6. The summed E-state index contributed by atoms with van der Waals surface area (Å²) in [7, 11) is 0.781. The van der Waals surface area contributed by atoms with E-state index in [1.54, 1.807) is 29.8 Å². The molecule has 27 heavy (non-hydrogen) atoms. The number of alkyl halides is 2. The molecule has 3 rings (SSSR count). The number of piperidine rings is 1. The van der Waals surface area contributed by atoms with Crippen LogP contribution in [0.1, 0.15) is 12.8 Å². The van der Waals surface area contributed by atoms with E-state index in [0.717, 1.165) is 5.69 Å². The maximum atomic E-state index is 12.9. The Morgan fingerprint density at radius 3 is 2.22 bits per heavy atom. The molecule has 1 aromatic carbocycles. The third-order valence-electron chi connectivity index (χ3n) is 3.90. The molecule has 0 amide bonds. The van der Waals surface area contributed by atoms with Crippen molar-refractivity contribution >= 4 is 39.0 Å². The summed E-state index contributed by atoms with van der Waals surface area (Å²) < 4.78 is 50.2. The number of rotatable bonds is 4. The molecule has 2 atom stereocenters. The van der Waals surface area contributed by atoms with E-state index < -0.39 is 27.9 Å². The molecule has 2 aromatic rings. The molecule has 1 aromatic heterocycles. The SMILES string of the molecule is CN(C)S(=O)c1csc(S(N)=O)c1.FC1(F)CCN(c2ccccc2)CC1. The summed E-state index contributed by atoms with van der Waals surface area (Å²) in [4.78, 5) is 2.65. The zero-order valence-electron chi connectivity index (χ0n) is 15.1. The van der Waals surface area contributed by atoms with Crippen LogP contribution in [0.5, 0.6) is 0 Å². The second-order valence-corrected chi connectivity index (χ2v) is 10.0. The molecule has 2 N–H and O–H groups in total. The van der Waals surface area contributed by atoms with Gasteiger partial charge in [0, 0.05) is 37.0 Å². The number of halogens is 2. The number of anilines is 1. The van der Waals surface area contributed by atoms with Gasteiger partial charge in [-0.1, -0.05) is 18.2 Å². The molecule has 150 valence electrons.